The van der Waals surface area contributed by atoms with E-state index < -0.39 is 0 Å². The van der Waals surface area contributed by atoms with E-state index in [2.05, 4.69) is 12.2 Å². The lowest BCUT2D eigenvalue weighted by Crippen LogP contribution is -2.51. The van der Waals surface area contributed by atoms with Crippen molar-refractivity contribution in [1.29, 1.82) is 0 Å². The summed E-state index contributed by atoms with van der Waals surface area (Å²) >= 11 is 0. The van der Waals surface area contributed by atoms with E-state index in [1.807, 2.05) is 0 Å². The van der Waals surface area contributed by atoms with Gasteiger partial charge in [0.15, 0.2) is 0 Å². The molecule has 2 aliphatic rings. The molecule has 1 fully saturated rings. The van der Waals surface area contributed by atoms with Crippen molar-refractivity contribution in [2.45, 2.75) is 25.7 Å². The monoisotopic (exact) mass is 211 g/mol. The third-order valence-electron chi connectivity index (χ3n) is 3.32. The molecule has 0 saturated carbocycles. The zero-order valence-corrected chi connectivity index (χ0v) is 8.99. The van der Waals surface area contributed by atoms with Crippen molar-refractivity contribution >= 4 is 5.91 Å². The Morgan fingerprint density at radius 2 is 2.27 bits per heavy atom. The molecule has 0 aromatic rings. The molecule has 2 rings (SSSR count). The predicted octanol–water partition coefficient (Wildman–Crippen LogP) is 2.16. The van der Waals surface area contributed by atoms with Gasteiger partial charge in [0, 0.05) is 25.4 Å². The summed E-state index contributed by atoms with van der Waals surface area (Å²) in [7, 11) is 0. The molecule has 0 aromatic heterocycles. The topological polar surface area (TPSA) is 20.3 Å². The van der Waals surface area contributed by atoms with Crippen LogP contribution in [0.1, 0.15) is 25.7 Å². The summed E-state index contributed by atoms with van der Waals surface area (Å²) in [6.45, 7) is 0.977. The van der Waals surface area contributed by atoms with Crippen LogP contribution >= 0.6 is 0 Å². The third kappa shape index (κ3) is 2.58. The first-order valence-corrected chi connectivity index (χ1v) is 5.80. The Morgan fingerprint density at radius 1 is 1.47 bits per heavy atom. The maximum absolute atomic E-state index is 12.2. The van der Waals surface area contributed by atoms with Crippen LogP contribution < -0.4 is 0 Å². The normalized spacial score (nSPS) is 26.5. The van der Waals surface area contributed by atoms with Gasteiger partial charge >= 0.3 is 0 Å². The fraction of sp³-hybridized carbons (Fsp3) is 0.750. The van der Waals surface area contributed by atoms with Crippen LogP contribution in [0.3, 0.4) is 0 Å². The maximum Gasteiger partial charge on any atom is 0.223 e. The molecule has 0 bridgehead atoms. The Labute approximate surface area is 90.1 Å². The van der Waals surface area contributed by atoms with Gasteiger partial charge in [-0.1, -0.05) is 12.2 Å². The molecule has 1 unspecified atom stereocenters. The van der Waals surface area contributed by atoms with Crippen molar-refractivity contribution in [3.63, 3.8) is 0 Å². The minimum Gasteiger partial charge on any atom is -0.342 e. The van der Waals surface area contributed by atoms with E-state index in [1.54, 1.807) is 4.90 Å². The lowest BCUT2D eigenvalue weighted by atomic mass is 9.91. The molecule has 1 heterocycles. The van der Waals surface area contributed by atoms with Crippen LogP contribution in [0, 0.1) is 11.8 Å². The number of hydrogen-bond donors (Lipinski definition) is 0. The molecular weight excluding hydrogens is 193 g/mol. The molecule has 84 valence electrons. The SMILES string of the molecule is O=C(CC1C=CCCC1)N1CC(CF)C1. The van der Waals surface area contributed by atoms with E-state index in [1.165, 1.54) is 6.42 Å². The van der Waals surface area contributed by atoms with Gasteiger partial charge in [0.25, 0.3) is 0 Å². The summed E-state index contributed by atoms with van der Waals surface area (Å²) < 4.78 is 12.2. The van der Waals surface area contributed by atoms with Gasteiger partial charge in [0.2, 0.25) is 5.91 Å². The molecule has 1 amide bonds. The van der Waals surface area contributed by atoms with Gasteiger partial charge in [0.1, 0.15) is 0 Å². The standard InChI is InChI=1S/C12H18FNO/c13-7-11-8-14(9-11)12(15)6-10-4-2-1-3-5-10/h2,4,10-11H,1,3,5-9H2. The first kappa shape index (κ1) is 10.7. The van der Waals surface area contributed by atoms with E-state index in [0.29, 0.717) is 25.4 Å². The Balaban J connectivity index is 1.73. The molecule has 0 radical (unpaired) electrons. The molecule has 0 N–H and O–H groups in total. The minimum absolute atomic E-state index is 0.107. The summed E-state index contributed by atoms with van der Waals surface area (Å²) in [6.07, 6.45) is 8.42. The van der Waals surface area contributed by atoms with Gasteiger partial charge in [-0.2, -0.15) is 0 Å². The third-order valence-corrected chi connectivity index (χ3v) is 3.32. The quantitative estimate of drug-likeness (QED) is 0.655. The Bertz CT molecular complexity index is 258. The largest absolute Gasteiger partial charge is 0.342 e. The van der Waals surface area contributed by atoms with Gasteiger partial charge in [-0.25, -0.2) is 0 Å². The Hall–Kier alpha value is -0.860. The molecule has 1 saturated heterocycles. The molecule has 0 aromatic carbocycles. The Kier molecular flexibility index (Phi) is 3.39. The van der Waals surface area contributed by atoms with Crippen molar-refractivity contribution in [2.24, 2.45) is 11.8 Å². The van der Waals surface area contributed by atoms with E-state index in [9.17, 15) is 9.18 Å². The zero-order valence-electron chi connectivity index (χ0n) is 8.99. The van der Waals surface area contributed by atoms with Gasteiger partial charge in [-0.05, 0) is 25.2 Å². The minimum atomic E-state index is -0.285. The molecule has 0 spiro atoms. The summed E-state index contributed by atoms with van der Waals surface area (Å²) in [6, 6.07) is 0. The van der Waals surface area contributed by atoms with E-state index in [-0.39, 0.29) is 18.5 Å². The van der Waals surface area contributed by atoms with Gasteiger partial charge in [-0.3, -0.25) is 9.18 Å². The lowest BCUT2D eigenvalue weighted by Gasteiger charge is -2.38. The Morgan fingerprint density at radius 3 is 2.87 bits per heavy atom. The maximum atomic E-state index is 12.2. The second kappa shape index (κ2) is 4.77. The van der Waals surface area contributed by atoms with Crippen molar-refractivity contribution < 1.29 is 9.18 Å². The van der Waals surface area contributed by atoms with E-state index in [4.69, 9.17) is 0 Å². The van der Waals surface area contributed by atoms with Gasteiger partial charge in [-0.15, -0.1) is 0 Å². The van der Waals surface area contributed by atoms with Crippen molar-refractivity contribution in [3.8, 4) is 0 Å². The van der Waals surface area contributed by atoms with Crippen LogP contribution in [0.15, 0.2) is 12.2 Å². The van der Waals surface area contributed by atoms with Crippen LogP contribution in [-0.4, -0.2) is 30.6 Å². The van der Waals surface area contributed by atoms with Crippen LogP contribution in [0.5, 0.6) is 0 Å². The van der Waals surface area contributed by atoms with Crippen LogP contribution in [0.4, 0.5) is 4.39 Å². The number of alkyl halides is 1. The molecule has 3 heteroatoms. The number of rotatable bonds is 3. The average molecular weight is 211 g/mol. The molecular formula is C12H18FNO. The van der Waals surface area contributed by atoms with E-state index in [0.717, 1.165) is 12.8 Å². The molecule has 1 atom stereocenters. The first-order valence-electron chi connectivity index (χ1n) is 5.80. The summed E-state index contributed by atoms with van der Waals surface area (Å²) in [5, 5.41) is 0. The number of carbonyl (C=O) groups is 1. The highest BCUT2D eigenvalue weighted by atomic mass is 19.1. The van der Waals surface area contributed by atoms with Crippen molar-refractivity contribution in [1.82, 2.24) is 4.90 Å². The second-order valence-electron chi connectivity index (χ2n) is 4.64. The molecule has 1 aliphatic heterocycles. The highest BCUT2D eigenvalue weighted by Crippen LogP contribution is 2.23. The number of hydrogen-bond acceptors (Lipinski definition) is 1. The average Bonchev–Trinajstić information content (AvgIpc) is 2.17. The molecule has 15 heavy (non-hydrogen) atoms. The number of likely N-dealkylation sites (tertiary alicyclic amines) is 1. The fourth-order valence-corrected chi connectivity index (χ4v) is 2.28. The molecule has 2 nitrogen and oxygen atoms in total. The highest BCUT2D eigenvalue weighted by molar-refractivity contribution is 5.77. The van der Waals surface area contributed by atoms with Crippen LogP contribution in [0.2, 0.25) is 0 Å². The zero-order chi connectivity index (χ0) is 10.7. The van der Waals surface area contributed by atoms with Crippen molar-refractivity contribution in [3.05, 3.63) is 12.2 Å². The fourth-order valence-electron chi connectivity index (χ4n) is 2.28. The van der Waals surface area contributed by atoms with Crippen LogP contribution in [-0.2, 0) is 4.79 Å². The first-order chi connectivity index (χ1) is 7.29. The summed E-state index contributed by atoms with van der Waals surface area (Å²) in [5.74, 6) is 0.739. The molecule has 1 aliphatic carbocycles. The van der Waals surface area contributed by atoms with Crippen LogP contribution in [0.25, 0.3) is 0 Å². The van der Waals surface area contributed by atoms with Gasteiger partial charge in [0.05, 0.1) is 6.67 Å². The summed E-state index contributed by atoms with van der Waals surface area (Å²) in [5.41, 5.74) is 0. The number of nitrogens with zero attached hydrogens (tertiary/aromatic N) is 1. The lowest BCUT2D eigenvalue weighted by molar-refractivity contribution is -0.138. The van der Waals surface area contributed by atoms with E-state index >= 15 is 0 Å². The van der Waals surface area contributed by atoms with Gasteiger partial charge < -0.3 is 4.90 Å². The highest BCUT2D eigenvalue weighted by Gasteiger charge is 2.31. The number of halogens is 1. The number of amides is 1. The summed E-state index contributed by atoms with van der Waals surface area (Å²) in [4.78, 5) is 13.5. The number of carbonyl (C=O) groups excluding carboxylic acids is 1. The predicted molar refractivity (Wildman–Crippen MR) is 57.1 cm³/mol. The number of allylic oxidation sites excluding steroid dienone is 2. The van der Waals surface area contributed by atoms with Crippen molar-refractivity contribution in [2.75, 3.05) is 19.8 Å². The smallest absolute Gasteiger partial charge is 0.223 e. The second-order valence-corrected chi connectivity index (χ2v) is 4.64.